The highest BCUT2D eigenvalue weighted by atomic mass is 15.2. The van der Waals surface area contributed by atoms with Crippen molar-refractivity contribution < 1.29 is 0 Å². The first-order valence-corrected chi connectivity index (χ1v) is 8.94. The highest BCUT2D eigenvalue weighted by Crippen LogP contribution is 2.13. The van der Waals surface area contributed by atoms with E-state index in [1.165, 1.54) is 5.69 Å². The fourth-order valence-corrected chi connectivity index (χ4v) is 3.20. The van der Waals surface area contributed by atoms with Crippen LogP contribution in [-0.4, -0.2) is 46.6 Å². The smallest absolute Gasteiger partial charge is 0.191 e. The van der Waals surface area contributed by atoms with Crippen molar-refractivity contribution in [2.24, 2.45) is 12.0 Å². The lowest BCUT2D eigenvalue weighted by Gasteiger charge is -2.32. The van der Waals surface area contributed by atoms with E-state index >= 15 is 0 Å². The standard InChI is InChI=1S/C19H28N6/c1-20-19(22-14-18-7-5-11-24(18)2)23-16-8-12-25(13-9-16)15-17-6-3-4-10-21-17/h3-7,10-11,16H,8-9,12-15H2,1-2H3,(H2,20,22,23). The topological polar surface area (TPSA) is 57.5 Å². The molecule has 1 aliphatic rings. The first-order valence-electron chi connectivity index (χ1n) is 8.94. The molecule has 2 aromatic heterocycles. The van der Waals surface area contributed by atoms with Crippen LogP contribution >= 0.6 is 0 Å². The molecule has 1 saturated heterocycles. The SMILES string of the molecule is CN=C(NCc1cccn1C)NC1CCN(Cc2ccccn2)CC1. The highest BCUT2D eigenvalue weighted by molar-refractivity contribution is 5.79. The van der Waals surface area contributed by atoms with E-state index in [0.717, 1.165) is 50.7 Å². The molecule has 6 nitrogen and oxygen atoms in total. The number of hydrogen-bond donors (Lipinski definition) is 2. The summed E-state index contributed by atoms with van der Waals surface area (Å²) in [4.78, 5) is 11.3. The molecular weight excluding hydrogens is 312 g/mol. The van der Waals surface area contributed by atoms with Gasteiger partial charge in [-0.05, 0) is 37.1 Å². The molecular formula is C19H28N6. The second kappa shape index (κ2) is 8.67. The Morgan fingerprint density at radius 3 is 2.72 bits per heavy atom. The summed E-state index contributed by atoms with van der Waals surface area (Å²) in [5.41, 5.74) is 2.39. The Morgan fingerprint density at radius 2 is 2.08 bits per heavy atom. The molecule has 1 fully saturated rings. The van der Waals surface area contributed by atoms with Crippen LogP contribution < -0.4 is 10.6 Å². The van der Waals surface area contributed by atoms with Crippen LogP contribution in [0.2, 0.25) is 0 Å². The molecule has 2 aromatic rings. The number of nitrogens with zero attached hydrogens (tertiary/aromatic N) is 4. The van der Waals surface area contributed by atoms with Crippen molar-refractivity contribution in [1.29, 1.82) is 0 Å². The lowest BCUT2D eigenvalue weighted by molar-refractivity contribution is 0.196. The molecule has 0 amide bonds. The molecule has 3 heterocycles. The fraction of sp³-hybridized carbons (Fsp3) is 0.474. The summed E-state index contributed by atoms with van der Waals surface area (Å²) in [6.07, 6.45) is 6.17. The van der Waals surface area contributed by atoms with E-state index in [1.54, 1.807) is 0 Å². The van der Waals surface area contributed by atoms with Crippen LogP contribution in [0.25, 0.3) is 0 Å². The van der Waals surface area contributed by atoms with E-state index in [2.05, 4.69) is 67.6 Å². The van der Waals surface area contributed by atoms with Gasteiger partial charge >= 0.3 is 0 Å². The number of piperidine rings is 1. The van der Waals surface area contributed by atoms with E-state index in [1.807, 2.05) is 19.3 Å². The minimum absolute atomic E-state index is 0.472. The molecule has 0 spiro atoms. The fourth-order valence-electron chi connectivity index (χ4n) is 3.20. The normalized spacial score (nSPS) is 16.8. The number of rotatable bonds is 5. The van der Waals surface area contributed by atoms with Crippen LogP contribution in [0.4, 0.5) is 0 Å². The first kappa shape index (κ1) is 17.5. The quantitative estimate of drug-likeness (QED) is 0.643. The van der Waals surface area contributed by atoms with Crippen LogP contribution in [0.1, 0.15) is 24.2 Å². The zero-order valence-corrected chi connectivity index (χ0v) is 15.2. The molecule has 6 heteroatoms. The number of aromatic nitrogens is 2. The lowest BCUT2D eigenvalue weighted by Crippen LogP contribution is -2.48. The highest BCUT2D eigenvalue weighted by Gasteiger charge is 2.20. The van der Waals surface area contributed by atoms with Gasteiger partial charge in [-0.3, -0.25) is 14.9 Å². The Morgan fingerprint density at radius 1 is 1.24 bits per heavy atom. The van der Waals surface area contributed by atoms with Gasteiger partial charge in [0.25, 0.3) is 0 Å². The third-order valence-corrected chi connectivity index (χ3v) is 4.75. The molecule has 134 valence electrons. The van der Waals surface area contributed by atoms with Gasteiger partial charge in [0, 0.05) is 57.9 Å². The number of pyridine rings is 1. The Balaban J connectivity index is 1.42. The molecule has 0 unspecified atom stereocenters. The second-order valence-electron chi connectivity index (χ2n) is 6.55. The maximum atomic E-state index is 4.42. The van der Waals surface area contributed by atoms with Crippen molar-refractivity contribution in [1.82, 2.24) is 25.1 Å². The predicted octanol–water partition coefficient (Wildman–Crippen LogP) is 1.75. The summed E-state index contributed by atoms with van der Waals surface area (Å²) in [5.74, 6) is 0.879. The number of nitrogens with one attached hydrogen (secondary N) is 2. The van der Waals surface area contributed by atoms with Gasteiger partial charge in [-0.1, -0.05) is 6.07 Å². The van der Waals surface area contributed by atoms with Crippen LogP contribution in [-0.2, 0) is 20.1 Å². The predicted molar refractivity (Wildman–Crippen MR) is 101 cm³/mol. The maximum absolute atomic E-state index is 4.42. The molecule has 0 aliphatic carbocycles. The maximum Gasteiger partial charge on any atom is 0.191 e. The lowest BCUT2D eigenvalue weighted by atomic mass is 10.0. The average Bonchev–Trinajstić information content (AvgIpc) is 3.06. The molecule has 1 aliphatic heterocycles. The average molecular weight is 340 g/mol. The first-order chi connectivity index (χ1) is 12.2. The Labute approximate surface area is 150 Å². The van der Waals surface area contributed by atoms with Gasteiger partial charge in [-0.2, -0.15) is 0 Å². The number of guanidine groups is 1. The van der Waals surface area contributed by atoms with Gasteiger partial charge in [0.2, 0.25) is 0 Å². The summed E-state index contributed by atoms with van der Waals surface area (Å²) >= 11 is 0. The third-order valence-electron chi connectivity index (χ3n) is 4.75. The third kappa shape index (κ3) is 5.06. The minimum atomic E-state index is 0.472. The monoisotopic (exact) mass is 340 g/mol. The van der Waals surface area contributed by atoms with Gasteiger partial charge in [-0.15, -0.1) is 0 Å². The van der Waals surface area contributed by atoms with Gasteiger partial charge in [0.15, 0.2) is 5.96 Å². The summed E-state index contributed by atoms with van der Waals surface area (Å²) in [7, 11) is 3.89. The molecule has 0 saturated carbocycles. The van der Waals surface area contributed by atoms with E-state index in [4.69, 9.17) is 0 Å². The van der Waals surface area contributed by atoms with Crippen molar-refractivity contribution in [2.45, 2.75) is 32.0 Å². The zero-order valence-electron chi connectivity index (χ0n) is 15.2. The van der Waals surface area contributed by atoms with Gasteiger partial charge in [-0.25, -0.2) is 0 Å². The van der Waals surface area contributed by atoms with Crippen molar-refractivity contribution in [3.05, 3.63) is 54.1 Å². The summed E-state index contributed by atoms with van der Waals surface area (Å²) in [6.45, 7) is 3.89. The van der Waals surface area contributed by atoms with Gasteiger partial charge in [0.05, 0.1) is 12.2 Å². The molecule has 25 heavy (non-hydrogen) atoms. The number of likely N-dealkylation sites (tertiary alicyclic amines) is 1. The van der Waals surface area contributed by atoms with Crippen molar-refractivity contribution in [3.8, 4) is 0 Å². The van der Waals surface area contributed by atoms with Crippen molar-refractivity contribution in [3.63, 3.8) is 0 Å². The zero-order chi connectivity index (χ0) is 17.5. The van der Waals surface area contributed by atoms with Gasteiger partial charge in [0.1, 0.15) is 0 Å². The molecule has 0 aromatic carbocycles. The van der Waals surface area contributed by atoms with Crippen LogP contribution in [0.15, 0.2) is 47.7 Å². The molecule has 0 radical (unpaired) electrons. The van der Waals surface area contributed by atoms with Gasteiger partial charge < -0.3 is 15.2 Å². The Bertz CT molecular complexity index is 670. The van der Waals surface area contributed by atoms with E-state index in [-0.39, 0.29) is 0 Å². The minimum Gasteiger partial charge on any atom is -0.354 e. The van der Waals surface area contributed by atoms with Crippen LogP contribution in [0.5, 0.6) is 0 Å². The number of aliphatic imine (C=N–C) groups is 1. The number of aryl methyl sites for hydroxylation is 1. The molecule has 0 atom stereocenters. The van der Waals surface area contributed by atoms with E-state index in [0.29, 0.717) is 6.04 Å². The summed E-state index contributed by atoms with van der Waals surface area (Å²) in [5, 5.41) is 6.96. The Kier molecular flexibility index (Phi) is 6.06. The Hall–Kier alpha value is -2.34. The molecule has 0 bridgehead atoms. The van der Waals surface area contributed by atoms with Crippen LogP contribution in [0, 0.1) is 0 Å². The summed E-state index contributed by atoms with van der Waals surface area (Å²) < 4.78 is 2.12. The van der Waals surface area contributed by atoms with Crippen molar-refractivity contribution in [2.75, 3.05) is 20.1 Å². The summed E-state index contributed by atoms with van der Waals surface area (Å²) in [6, 6.07) is 10.8. The largest absolute Gasteiger partial charge is 0.354 e. The van der Waals surface area contributed by atoms with Crippen LogP contribution in [0.3, 0.4) is 0 Å². The van der Waals surface area contributed by atoms with Crippen molar-refractivity contribution >= 4 is 5.96 Å². The second-order valence-corrected chi connectivity index (χ2v) is 6.55. The van der Waals surface area contributed by atoms with E-state index < -0.39 is 0 Å². The molecule has 3 rings (SSSR count). The van der Waals surface area contributed by atoms with E-state index in [9.17, 15) is 0 Å². The number of hydrogen-bond acceptors (Lipinski definition) is 3. The molecule has 2 N–H and O–H groups in total.